The van der Waals surface area contributed by atoms with Gasteiger partial charge >= 0.3 is 32.1 Å². The van der Waals surface area contributed by atoms with Crippen LogP contribution in [-0.2, 0) is 35.0 Å². The summed E-state index contributed by atoms with van der Waals surface area (Å²) in [5, 5.41) is -14.8. The second kappa shape index (κ2) is 10.8. The third-order valence-electron chi connectivity index (χ3n) is 4.74. The van der Waals surface area contributed by atoms with Crippen molar-refractivity contribution >= 4 is 41.7 Å². The summed E-state index contributed by atoms with van der Waals surface area (Å²) in [6.07, 6.45) is -0.265. The van der Waals surface area contributed by atoms with Gasteiger partial charge in [0.05, 0.1) is 6.42 Å². The van der Waals surface area contributed by atoms with Crippen LogP contribution in [0.5, 0.6) is 5.75 Å². The summed E-state index contributed by atoms with van der Waals surface area (Å²) in [6, 6.07) is 2.08. The van der Waals surface area contributed by atoms with Crippen molar-refractivity contribution in [3.8, 4) is 5.75 Å². The predicted octanol–water partition coefficient (Wildman–Crippen LogP) is 3.96. The number of carbonyl (C=O) groups is 2. The normalized spacial score (nSPS) is 15.1. The Balaban J connectivity index is 3.31. The molecule has 224 valence electrons. The molecule has 0 aliphatic carbocycles. The number of carbonyl (C=O) groups excluding carboxylic acids is 2. The van der Waals surface area contributed by atoms with Gasteiger partial charge in [-0.05, 0) is 30.7 Å². The van der Waals surface area contributed by atoms with E-state index >= 15 is 0 Å². The Kier molecular flexibility index (Phi) is 9.61. The van der Waals surface area contributed by atoms with Gasteiger partial charge in [0.1, 0.15) is 11.5 Å². The van der Waals surface area contributed by atoms with Crippen molar-refractivity contribution in [2.75, 3.05) is 0 Å². The molecule has 0 spiro atoms. The molecule has 0 aliphatic rings. The van der Waals surface area contributed by atoms with Crippen molar-refractivity contribution in [3.05, 3.63) is 34.0 Å². The van der Waals surface area contributed by atoms with Gasteiger partial charge in [0.15, 0.2) is 25.8 Å². The third kappa shape index (κ3) is 6.65. The van der Waals surface area contributed by atoms with Crippen LogP contribution in [0.1, 0.15) is 37.0 Å². The Bertz CT molecular complexity index is 1420. The van der Waals surface area contributed by atoms with E-state index in [1.807, 2.05) is 0 Å². The second-order valence-corrected chi connectivity index (χ2v) is 12.6. The SMILES string of the molecule is CCC(C)C(=O)CC(=O)c1ccc(OS(=O)(=O)C(F)(F)C(F)(F)C(F)(F)S(=O)(=O)[N-]S(=O)(=O)C(F)(F)F)cc1. The maximum atomic E-state index is 14.1. The van der Waals surface area contributed by atoms with E-state index in [0.717, 1.165) is 0 Å². The minimum atomic E-state index is -8.04. The summed E-state index contributed by atoms with van der Waals surface area (Å²) in [4.78, 5) is 23.9. The minimum Gasteiger partial charge on any atom is -0.423 e. The number of ketones is 2. The standard InChI is InChI=1S/C17H15F9NO9S3/c1-3-9(2)12(28)8-13(29)10-4-6-11(7-5-10)36-39(34,35)16(22,23)14(18,19)15(20,21)37(30,31)27-38(32,33)17(24,25)26/h4-7,9H,3,8H2,1-2H3/q-1. The van der Waals surface area contributed by atoms with Crippen LogP contribution < -0.4 is 4.18 Å². The molecule has 22 heteroatoms. The summed E-state index contributed by atoms with van der Waals surface area (Å²) in [7, 11) is -22.9. The van der Waals surface area contributed by atoms with Gasteiger partial charge in [-0.3, -0.25) is 9.59 Å². The molecule has 0 aromatic heterocycles. The molecule has 0 N–H and O–H groups in total. The van der Waals surface area contributed by atoms with E-state index in [-0.39, 0.29) is 5.56 Å². The molecule has 1 atom stereocenters. The van der Waals surface area contributed by atoms with Crippen LogP contribution in [0, 0.1) is 5.92 Å². The predicted molar refractivity (Wildman–Crippen MR) is 111 cm³/mol. The molecular weight excluding hydrogens is 629 g/mol. The first-order chi connectivity index (χ1) is 17.2. The Morgan fingerprint density at radius 1 is 0.821 bits per heavy atom. The van der Waals surface area contributed by atoms with Gasteiger partial charge < -0.3 is 8.31 Å². The smallest absolute Gasteiger partial charge is 0.423 e. The molecule has 1 unspecified atom stereocenters. The van der Waals surface area contributed by atoms with Crippen molar-refractivity contribution in [2.24, 2.45) is 5.92 Å². The first kappa shape index (κ1) is 34.6. The molecule has 1 aromatic rings. The average Bonchev–Trinajstić information content (AvgIpc) is 2.76. The maximum Gasteiger partial charge on any atom is 0.480 e. The van der Waals surface area contributed by atoms with Crippen molar-refractivity contribution in [1.82, 2.24) is 0 Å². The fourth-order valence-corrected chi connectivity index (χ4v) is 5.42. The van der Waals surface area contributed by atoms with E-state index in [2.05, 4.69) is 4.18 Å². The number of hydrogen-bond acceptors (Lipinski definition) is 9. The summed E-state index contributed by atoms with van der Waals surface area (Å²) in [6.45, 7) is 3.15. The van der Waals surface area contributed by atoms with Crippen molar-refractivity contribution < 1.29 is 78.5 Å². The fourth-order valence-electron chi connectivity index (χ4n) is 2.24. The van der Waals surface area contributed by atoms with Crippen molar-refractivity contribution in [2.45, 2.75) is 48.6 Å². The first-order valence-electron chi connectivity index (χ1n) is 9.72. The molecule has 0 saturated heterocycles. The lowest BCUT2D eigenvalue weighted by atomic mass is 9.97. The van der Waals surface area contributed by atoms with Gasteiger partial charge in [-0.1, -0.05) is 13.8 Å². The molecule has 0 radical (unpaired) electrons. The van der Waals surface area contributed by atoms with E-state index in [1.165, 1.54) is 6.92 Å². The Morgan fingerprint density at radius 2 is 1.28 bits per heavy atom. The van der Waals surface area contributed by atoms with Gasteiger partial charge in [0, 0.05) is 11.5 Å². The second-order valence-electron chi connectivity index (χ2n) is 7.52. The summed E-state index contributed by atoms with van der Waals surface area (Å²) >= 11 is 0. The van der Waals surface area contributed by atoms with Crippen LogP contribution in [0.15, 0.2) is 24.3 Å². The van der Waals surface area contributed by atoms with Gasteiger partial charge in [-0.25, -0.2) is 16.8 Å². The molecule has 0 saturated carbocycles. The number of halogens is 9. The molecule has 39 heavy (non-hydrogen) atoms. The highest BCUT2D eigenvalue weighted by Gasteiger charge is 2.81. The lowest BCUT2D eigenvalue weighted by Crippen LogP contribution is -2.61. The van der Waals surface area contributed by atoms with Crippen molar-refractivity contribution in [1.29, 1.82) is 0 Å². The zero-order chi connectivity index (χ0) is 31.0. The van der Waals surface area contributed by atoms with Gasteiger partial charge in [-0.2, -0.15) is 47.9 Å². The monoisotopic (exact) mass is 644 g/mol. The maximum absolute atomic E-state index is 14.1. The first-order valence-corrected chi connectivity index (χ1v) is 14.0. The number of benzene rings is 1. The molecule has 0 heterocycles. The zero-order valence-corrected chi connectivity index (χ0v) is 21.5. The Hall–Kier alpha value is -2.46. The van der Waals surface area contributed by atoms with Crippen LogP contribution in [-0.4, -0.2) is 58.8 Å². The molecule has 0 aliphatic heterocycles. The molecule has 0 bridgehead atoms. The minimum absolute atomic E-state index is 0.335. The van der Waals surface area contributed by atoms with Crippen LogP contribution in [0.25, 0.3) is 4.13 Å². The van der Waals surface area contributed by atoms with Gasteiger partial charge in [-0.15, -0.1) is 0 Å². The number of sulfonamides is 2. The number of nitrogens with zero attached hydrogens (tertiary/aromatic N) is 1. The Morgan fingerprint density at radius 3 is 1.69 bits per heavy atom. The van der Waals surface area contributed by atoms with Gasteiger partial charge in [0.2, 0.25) is 0 Å². The molecule has 1 rings (SSSR count). The largest absolute Gasteiger partial charge is 0.480 e. The van der Waals surface area contributed by atoms with E-state index in [4.69, 9.17) is 0 Å². The van der Waals surface area contributed by atoms with E-state index in [1.54, 1.807) is 6.92 Å². The highest BCUT2D eigenvalue weighted by molar-refractivity contribution is 8.13. The quantitative estimate of drug-likeness (QED) is 0.134. The van der Waals surface area contributed by atoms with Crippen LogP contribution in [0.3, 0.4) is 0 Å². The lowest BCUT2D eigenvalue weighted by molar-refractivity contribution is -0.245. The number of rotatable bonds is 13. The number of hydrogen-bond donors (Lipinski definition) is 0. The molecule has 0 fully saturated rings. The van der Waals surface area contributed by atoms with Crippen LogP contribution in [0.4, 0.5) is 39.5 Å². The summed E-state index contributed by atoms with van der Waals surface area (Å²) in [5.41, 5.74) is -7.09. The number of Topliss-reactive ketones (excluding diaryl/α,β-unsaturated/α-hetero) is 2. The molecule has 1 aromatic carbocycles. The molecular formula is C17H15F9NO9S3-. The fraction of sp³-hybridized carbons (Fsp3) is 0.529. The van der Waals surface area contributed by atoms with Crippen LogP contribution >= 0.6 is 0 Å². The average molecular weight is 644 g/mol. The third-order valence-corrected chi connectivity index (χ3v) is 9.09. The van der Waals surface area contributed by atoms with Crippen molar-refractivity contribution in [3.63, 3.8) is 0 Å². The lowest BCUT2D eigenvalue weighted by Gasteiger charge is -2.35. The highest BCUT2D eigenvalue weighted by Crippen LogP contribution is 2.53. The summed E-state index contributed by atoms with van der Waals surface area (Å²) in [5.74, 6) is -10.9. The van der Waals surface area contributed by atoms with E-state index in [0.29, 0.717) is 34.8 Å². The Labute approximate surface area is 214 Å². The zero-order valence-electron chi connectivity index (χ0n) is 19.0. The summed E-state index contributed by atoms with van der Waals surface area (Å²) < 4.78 is 192. The number of alkyl halides is 9. The van der Waals surface area contributed by atoms with Gasteiger partial charge in [0.25, 0.3) is 0 Å². The topological polar surface area (TPSA) is 160 Å². The van der Waals surface area contributed by atoms with E-state index in [9.17, 15) is 74.4 Å². The molecule has 10 nitrogen and oxygen atoms in total. The highest BCUT2D eigenvalue weighted by atomic mass is 32.3. The van der Waals surface area contributed by atoms with Crippen LogP contribution in [0.2, 0.25) is 0 Å². The molecule has 0 amide bonds. The van der Waals surface area contributed by atoms with E-state index < -0.39 is 81.8 Å².